The zero-order valence-electron chi connectivity index (χ0n) is 16.4. The van der Waals surface area contributed by atoms with Crippen LogP contribution in [0.25, 0.3) is 11.0 Å². The number of fused-ring (bicyclic) bond motifs is 1. The van der Waals surface area contributed by atoms with Crippen molar-refractivity contribution in [1.29, 1.82) is 0 Å². The van der Waals surface area contributed by atoms with Gasteiger partial charge in [0.1, 0.15) is 17.5 Å². The molecular weight excluding hydrogens is 359 g/mol. The van der Waals surface area contributed by atoms with E-state index in [0.29, 0.717) is 17.2 Å². The van der Waals surface area contributed by atoms with Crippen LogP contribution in [0.4, 0.5) is 21.7 Å². The quantitative estimate of drug-likeness (QED) is 0.733. The second-order valence-corrected chi connectivity index (χ2v) is 7.27. The molecule has 4 rings (SSSR count). The predicted octanol–water partition coefficient (Wildman–Crippen LogP) is 3.30. The number of anilines is 3. The van der Waals surface area contributed by atoms with Gasteiger partial charge >= 0.3 is 0 Å². The molecule has 1 N–H and O–H groups in total. The zero-order chi connectivity index (χ0) is 20.0. The molecule has 0 aromatic carbocycles. The first-order valence-corrected chi connectivity index (χ1v) is 9.35. The summed E-state index contributed by atoms with van der Waals surface area (Å²) < 4.78 is 15.1. The smallest absolute Gasteiger partial charge is 0.231 e. The highest BCUT2D eigenvalue weighted by atomic mass is 19.1. The number of pyridine rings is 2. The lowest BCUT2D eigenvalue weighted by molar-refractivity contribution is -0.117. The van der Waals surface area contributed by atoms with E-state index in [2.05, 4.69) is 33.3 Å². The molecule has 28 heavy (non-hydrogen) atoms. The van der Waals surface area contributed by atoms with Crippen molar-refractivity contribution in [3.8, 4) is 0 Å². The highest BCUT2D eigenvalue weighted by Crippen LogP contribution is 2.36. The van der Waals surface area contributed by atoms with E-state index in [9.17, 15) is 9.18 Å². The Kier molecular flexibility index (Phi) is 4.49. The topological polar surface area (TPSA) is 75.9 Å². The van der Waals surface area contributed by atoms with Crippen LogP contribution in [0.15, 0.2) is 24.7 Å². The van der Waals surface area contributed by atoms with E-state index in [-0.39, 0.29) is 12.3 Å². The lowest BCUT2D eigenvalue weighted by Gasteiger charge is -2.22. The molecule has 1 aliphatic carbocycles. The number of rotatable bonds is 5. The number of carbonyl (C=O) groups excluding carboxylic acids is 1. The normalized spacial score (nSPS) is 18.3. The molecule has 1 aliphatic rings. The molecule has 146 valence electrons. The fourth-order valence-corrected chi connectivity index (χ4v) is 3.34. The van der Waals surface area contributed by atoms with Gasteiger partial charge in [0.2, 0.25) is 5.91 Å². The summed E-state index contributed by atoms with van der Waals surface area (Å²) in [5, 5.41) is 2.77. The van der Waals surface area contributed by atoms with Gasteiger partial charge in [0.25, 0.3) is 0 Å². The molecule has 0 aliphatic heterocycles. The number of aromatic nitrogens is 4. The average Bonchev–Trinajstić information content (AvgIpc) is 3.30. The highest BCUT2D eigenvalue weighted by molar-refractivity contribution is 6.01. The summed E-state index contributed by atoms with van der Waals surface area (Å²) in [7, 11) is 3.80. The number of hydrogen-bond acceptors (Lipinski definition) is 5. The molecule has 7 nitrogen and oxygen atoms in total. The van der Waals surface area contributed by atoms with E-state index < -0.39 is 12.1 Å². The number of alkyl halides is 1. The van der Waals surface area contributed by atoms with Crippen LogP contribution in [0.2, 0.25) is 0 Å². The molecule has 3 aromatic heterocycles. The van der Waals surface area contributed by atoms with Crippen LogP contribution in [0.1, 0.15) is 24.6 Å². The Bertz CT molecular complexity index is 1060. The molecule has 8 heteroatoms. The number of carbonyl (C=O) groups is 1. The molecule has 2 atom stereocenters. The SMILES string of the molecule is CCc1cc(C)ncc1N(C)c1cc2c(ncn2C)c(NC(=O)[C@H]2C[C@H]2F)n1. The molecule has 1 amide bonds. The molecule has 0 radical (unpaired) electrons. The minimum atomic E-state index is -1.06. The van der Waals surface area contributed by atoms with Crippen LogP contribution in [0, 0.1) is 12.8 Å². The number of aryl methyl sites for hydroxylation is 3. The number of nitrogens with zero attached hydrogens (tertiary/aromatic N) is 5. The predicted molar refractivity (Wildman–Crippen MR) is 107 cm³/mol. The number of amides is 1. The maximum Gasteiger partial charge on any atom is 0.231 e. The van der Waals surface area contributed by atoms with Crippen LogP contribution in [-0.2, 0) is 18.3 Å². The zero-order valence-corrected chi connectivity index (χ0v) is 16.4. The van der Waals surface area contributed by atoms with Gasteiger partial charge in [-0.15, -0.1) is 0 Å². The van der Waals surface area contributed by atoms with Gasteiger partial charge in [0.05, 0.1) is 29.6 Å². The molecule has 3 aromatic rings. The fourth-order valence-electron chi connectivity index (χ4n) is 3.34. The summed E-state index contributed by atoms with van der Waals surface area (Å²) in [4.78, 5) is 27.6. The highest BCUT2D eigenvalue weighted by Gasteiger charge is 2.44. The lowest BCUT2D eigenvalue weighted by Crippen LogP contribution is -2.19. The average molecular weight is 382 g/mol. The molecule has 0 bridgehead atoms. The monoisotopic (exact) mass is 382 g/mol. The molecule has 1 saturated carbocycles. The Morgan fingerprint density at radius 3 is 2.82 bits per heavy atom. The second-order valence-electron chi connectivity index (χ2n) is 7.27. The Morgan fingerprint density at radius 2 is 2.14 bits per heavy atom. The van der Waals surface area contributed by atoms with Crippen LogP contribution in [0.5, 0.6) is 0 Å². The van der Waals surface area contributed by atoms with E-state index >= 15 is 0 Å². The van der Waals surface area contributed by atoms with Crippen molar-refractivity contribution in [2.45, 2.75) is 32.9 Å². The van der Waals surface area contributed by atoms with E-state index in [0.717, 1.165) is 28.9 Å². The first kappa shape index (κ1) is 18.3. The van der Waals surface area contributed by atoms with Crippen molar-refractivity contribution < 1.29 is 9.18 Å². The largest absolute Gasteiger partial charge is 0.334 e. The lowest BCUT2D eigenvalue weighted by atomic mass is 10.1. The van der Waals surface area contributed by atoms with Crippen LogP contribution < -0.4 is 10.2 Å². The molecular formula is C20H23FN6O. The number of hydrogen-bond donors (Lipinski definition) is 1. The summed E-state index contributed by atoms with van der Waals surface area (Å²) in [6.45, 7) is 4.06. The van der Waals surface area contributed by atoms with Crippen molar-refractivity contribution in [2.24, 2.45) is 13.0 Å². The van der Waals surface area contributed by atoms with Crippen molar-refractivity contribution in [3.05, 3.63) is 35.9 Å². The summed E-state index contributed by atoms with van der Waals surface area (Å²) in [6, 6.07) is 3.98. The minimum Gasteiger partial charge on any atom is -0.334 e. The Labute approximate surface area is 162 Å². The Morgan fingerprint density at radius 1 is 1.39 bits per heavy atom. The summed E-state index contributed by atoms with van der Waals surface area (Å²) in [5.74, 6) is 0.0643. The number of nitrogens with one attached hydrogen (secondary N) is 1. The maximum absolute atomic E-state index is 13.3. The minimum absolute atomic E-state index is 0.270. The van der Waals surface area contributed by atoms with Crippen LogP contribution in [-0.4, -0.2) is 38.6 Å². The maximum atomic E-state index is 13.3. The van der Waals surface area contributed by atoms with E-state index in [1.54, 1.807) is 6.33 Å². The van der Waals surface area contributed by atoms with E-state index in [1.807, 2.05) is 42.7 Å². The molecule has 0 spiro atoms. The van der Waals surface area contributed by atoms with Crippen molar-refractivity contribution >= 4 is 34.3 Å². The molecule has 0 unspecified atom stereocenters. The van der Waals surface area contributed by atoms with Crippen molar-refractivity contribution in [3.63, 3.8) is 0 Å². The molecule has 3 heterocycles. The Balaban J connectivity index is 1.76. The Hall–Kier alpha value is -3.03. The van der Waals surface area contributed by atoms with Gasteiger partial charge in [0, 0.05) is 25.9 Å². The van der Waals surface area contributed by atoms with Gasteiger partial charge in [-0.2, -0.15) is 0 Å². The second kappa shape index (κ2) is 6.85. The van der Waals surface area contributed by atoms with Gasteiger partial charge in [-0.05, 0) is 31.4 Å². The molecule has 0 saturated heterocycles. The summed E-state index contributed by atoms with van der Waals surface area (Å²) in [5.41, 5.74) is 4.48. The number of halogens is 1. The van der Waals surface area contributed by atoms with Crippen molar-refractivity contribution in [1.82, 2.24) is 19.5 Å². The third-order valence-corrected chi connectivity index (χ3v) is 5.18. The third kappa shape index (κ3) is 3.19. The fraction of sp³-hybridized carbons (Fsp3) is 0.400. The van der Waals surface area contributed by atoms with Crippen LogP contribution >= 0.6 is 0 Å². The van der Waals surface area contributed by atoms with Gasteiger partial charge < -0.3 is 14.8 Å². The van der Waals surface area contributed by atoms with Gasteiger partial charge in [-0.25, -0.2) is 14.4 Å². The van der Waals surface area contributed by atoms with Gasteiger partial charge in [0.15, 0.2) is 5.82 Å². The molecule has 1 fully saturated rings. The van der Waals surface area contributed by atoms with Crippen molar-refractivity contribution in [2.75, 3.05) is 17.3 Å². The standard InChI is InChI=1S/C20H23FN6O/c1-5-12-6-11(2)22-9-16(12)27(4)17-8-15-18(23-10-26(15)3)19(24-17)25-20(28)13-7-14(13)21/h6,8-10,13-14H,5,7H2,1-4H3,(H,24,25,28)/t13-,14+/m0/s1. The third-order valence-electron chi connectivity index (χ3n) is 5.18. The first-order chi connectivity index (χ1) is 13.4. The van der Waals surface area contributed by atoms with Gasteiger partial charge in [-0.1, -0.05) is 6.92 Å². The van der Waals surface area contributed by atoms with Gasteiger partial charge in [-0.3, -0.25) is 9.78 Å². The van der Waals surface area contributed by atoms with E-state index in [1.165, 1.54) is 0 Å². The first-order valence-electron chi connectivity index (χ1n) is 9.35. The summed E-state index contributed by atoms with van der Waals surface area (Å²) in [6.07, 6.45) is 3.58. The van der Waals surface area contributed by atoms with Crippen LogP contribution in [0.3, 0.4) is 0 Å². The van der Waals surface area contributed by atoms with E-state index in [4.69, 9.17) is 0 Å². The number of imidazole rings is 1. The summed E-state index contributed by atoms with van der Waals surface area (Å²) >= 11 is 0.